The lowest BCUT2D eigenvalue weighted by Crippen LogP contribution is -2.44. The SMILES string of the molecule is CC1CN(Cc2ccc(C(=O)OCc3nc(-c4cccnc4)no3)cc2)CC(C)O1. The molecule has 0 amide bonds. The van der Waals surface area contributed by atoms with Gasteiger partial charge in [-0.15, -0.1) is 0 Å². The molecular weight excluding hydrogens is 384 g/mol. The molecule has 0 bridgehead atoms. The quantitative estimate of drug-likeness (QED) is 0.575. The molecule has 1 saturated heterocycles. The molecule has 1 aliphatic rings. The maximum absolute atomic E-state index is 12.3. The second kappa shape index (κ2) is 9.15. The van der Waals surface area contributed by atoms with Gasteiger partial charge in [0.25, 0.3) is 5.89 Å². The lowest BCUT2D eigenvalue weighted by molar-refractivity contribution is -0.0704. The minimum absolute atomic E-state index is 0.0859. The maximum atomic E-state index is 12.3. The maximum Gasteiger partial charge on any atom is 0.338 e. The number of morpholine rings is 1. The van der Waals surface area contributed by atoms with Crippen molar-refractivity contribution in [3.8, 4) is 11.4 Å². The fourth-order valence-corrected chi connectivity index (χ4v) is 3.55. The van der Waals surface area contributed by atoms with Gasteiger partial charge < -0.3 is 14.0 Å². The average Bonchev–Trinajstić information content (AvgIpc) is 3.22. The van der Waals surface area contributed by atoms with Gasteiger partial charge in [0.05, 0.1) is 17.8 Å². The zero-order chi connectivity index (χ0) is 20.9. The molecule has 0 N–H and O–H groups in total. The molecule has 4 rings (SSSR count). The molecule has 2 unspecified atom stereocenters. The highest BCUT2D eigenvalue weighted by atomic mass is 16.6. The minimum atomic E-state index is -0.434. The van der Waals surface area contributed by atoms with E-state index in [0.29, 0.717) is 11.4 Å². The molecule has 0 radical (unpaired) electrons. The predicted molar refractivity (Wildman–Crippen MR) is 108 cm³/mol. The van der Waals surface area contributed by atoms with Crippen LogP contribution in [-0.2, 0) is 22.6 Å². The second-order valence-corrected chi connectivity index (χ2v) is 7.48. The number of esters is 1. The Hall–Kier alpha value is -3.10. The van der Waals surface area contributed by atoms with Crippen molar-refractivity contribution >= 4 is 5.97 Å². The first-order valence-electron chi connectivity index (χ1n) is 9.93. The van der Waals surface area contributed by atoms with E-state index in [2.05, 4.69) is 33.9 Å². The van der Waals surface area contributed by atoms with Crippen LogP contribution in [0.25, 0.3) is 11.4 Å². The first-order chi connectivity index (χ1) is 14.6. The second-order valence-electron chi connectivity index (χ2n) is 7.48. The van der Waals surface area contributed by atoms with E-state index in [-0.39, 0.29) is 24.7 Å². The molecular formula is C22H24N4O4. The molecule has 1 fully saturated rings. The van der Waals surface area contributed by atoms with Crippen molar-refractivity contribution in [1.82, 2.24) is 20.0 Å². The van der Waals surface area contributed by atoms with Gasteiger partial charge in [0.2, 0.25) is 5.82 Å². The van der Waals surface area contributed by atoms with E-state index in [9.17, 15) is 4.79 Å². The molecule has 8 nitrogen and oxygen atoms in total. The summed E-state index contributed by atoms with van der Waals surface area (Å²) >= 11 is 0. The Morgan fingerprint density at radius 3 is 2.63 bits per heavy atom. The van der Waals surface area contributed by atoms with Gasteiger partial charge >= 0.3 is 5.97 Å². The van der Waals surface area contributed by atoms with Crippen molar-refractivity contribution in [2.75, 3.05) is 13.1 Å². The minimum Gasteiger partial charge on any atom is -0.452 e. The Bertz CT molecular complexity index is 964. The van der Waals surface area contributed by atoms with Crippen LogP contribution in [0.1, 0.15) is 35.7 Å². The van der Waals surface area contributed by atoms with E-state index in [4.69, 9.17) is 14.0 Å². The summed E-state index contributed by atoms with van der Waals surface area (Å²) in [6.45, 7) is 6.72. The Labute approximate surface area is 174 Å². The van der Waals surface area contributed by atoms with Gasteiger partial charge in [-0.2, -0.15) is 4.98 Å². The smallest absolute Gasteiger partial charge is 0.338 e. The van der Waals surface area contributed by atoms with Gasteiger partial charge in [0.1, 0.15) is 0 Å². The monoisotopic (exact) mass is 408 g/mol. The van der Waals surface area contributed by atoms with Crippen LogP contribution in [0.4, 0.5) is 0 Å². The fourth-order valence-electron chi connectivity index (χ4n) is 3.55. The normalized spacial score (nSPS) is 19.5. The summed E-state index contributed by atoms with van der Waals surface area (Å²) in [5.74, 6) is 0.205. The Kier molecular flexibility index (Phi) is 6.15. The Morgan fingerprint density at radius 1 is 1.17 bits per heavy atom. The number of pyridine rings is 1. The summed E-state index contributed by atoms with van der Waals surface area (Å²) in [5.41, 5.74) is 2.36. The Balaban J connectivity index is 1.30. The van der Waals surface area contributed by atoms with Crippen LogP contribution >= 0.6 is 0 Å². The fraction of sp³-hybridized carbons (Fsp3) is 0.364. The summed E-state index contributed by atoms with van der Waals surface area (Å²) in [5, 5.41) is 3.88. The van der Waals surface area contributed by atoms with E-state index in [1.54, 1.807) is 30.6 Å². The van der Waals surface area contributed by atoms with Crippen molar-refractivity contribution in [3.63, 3.8) is 0 Å². The van der Waals surface area contributed by atoms with Crippen molar-refractivity contribution in [3.05, 3.63) is 65.8 Å². The molecule has 1 aromatic carbocycles. The van der Waals surface area contributed by atoms with Gasteiger partial charge in [-0.05, 0) is 43.7 Å². The van der Waals surface area contributed by atoms with Crippen LogP contribution in [0.3, 0.4) is 0 Å². The highest BCUT2D eigenvalue weighted by Gasteiger charge is 2.22. The number of hydrogen-bond acceptors (Lipinski definition) is 8. The van der Waals surface area contributed by atoms with Gasteiger partial charge in [-0.1, -0.05) is 17.3 Å². The number of carbonyl (C=O) groups is 1. The molecule has 3 aromatic rings. The van der Waals surface area contributed by atoms with Crippen LogP contribution in [0.5, 0.6) is 0 Å². The third-order valence-electron chi connectivity index (χ3n) is 4.81. The molecule has 0 aliphatic carbocycles. The number of ether oxygens (including phenoxy) is 2. The lowest BCUT2D eigenvalue weighted by atomic mass is 10.1. The predicted octanol–water partition coefficient (Wildman–Crippen LogP) is 3.10. The third-order valence-corrected chi connectivity index (χ3v) is 4.81. The highest BCUT2D eigenvalue weighted by Crippen LogP contribution is 2.16. The van der Waals surface area contributed by atoms with Gasteiger partial charge in [-0.3, -0.25) is 9.88 Å². The lowest BCUT2D eigenvalue weighted by Gasteiger charge is -2.35. The van der Waals surface area contributed by atoms with Crippen molar-refractivity contribution in [2.24, 2.45) is 0 Å². The molecule has 2 aromatic heterocycles. The first-order valence-corrected chi connectivity index (χ1v) is 9.93. The summed E-state index contributed by atoms with van der Waals surface area (Å²) < 4.78 is 16.2. The number of nitrogens with zero attached hydrogens (tertiary/aromatic N) is 4. The summed E-state index contributed by atoms with van der Waals surface area (Å²) in [7, 11) is 0. The summed E-state index contributed by atoms with van der Waals surface area (Å²) in [6.07, 6.45) is 3.76. The molecule has 156 valence electrons. The number of carbonyl (C=O) groups excluding carboxylic acids is 1. The van der Waals surface area contributed by atoms with E-state index < -0.39 is 5.97 Å². The first kappa shape index (κ1) is 20.2. The average molecular weight is 408 g/mol. The zero-order valence-corrected chi connectivity index (χ0v) is 17.0. The van der Waals surface area contributed by atoms with Gasteiger partial charge in [0.15, 0.2) is 6.61 Å². The molecule has 2 atom stereocenters. The number of benzene rings is 1. The van der Waals surface area contributed by atoms with Crippen molar-refractivity contribution in [1.29, 1.82) is 0 Å². The van der Waals surface area contributed by atoms with E-state index in [1.165, 1.54) is 0 Å². The standard InChI is InChI=1S/C22H24N4O4/c1-15-11-26(12-16(2)29-15)13-17-5-7-18(8-6-17)22(27)28-14-20-24-21(25-30-20)19-4-3-9-23-10-19/h3-10,15-16H,11-14H2,1-2H3. The van der Waals surface area contributed by atoms with Crippen LogP contribution in [-0.4, -0.2) is 51.3 Å². The Morgan fingerprint density at radius 2 is 1.93 bits per heavy atom. The van der Waals surface area contributed by atoms with E-state index in [1.807, 2.05) is 18.2 Å². The molecule has 30 heavy (non-hydrogen) atoms. The number of aromatic nitrogens is 3. The van der Waals surface area contributed by atoms with Crippen LogP contribution in [0, 0.1) is 0 Å². The van der Waals surface area contributed by atoms with E-state index in [0.717, 1.165) is 30.8 Å². The van der Waals surface area contributed by atoms with E-state index >= 15 is 0 Å². The van der Waals surface area contributed by atoms with Gasteiger partial charge in [0, 0.05) is 37.6 Å². The summed E-state index contributed by atoms with van der Waals surface area (Å²) in [6, 6.07) is 11.1. The molecule has 0 spiro atoms. The highest BCUT2D eigenvalue weighted by molar-refractivity contribution is 5.89. The zero-order valence-electron chi connectivity index (χ0n) is 17.0. The van der Waals surface area contributed by atoms with Crippen molar-refractivity contribution in [2.45, 2.75) is 39.2 Å². The molecule has 8 heteroatoms. The molecule has 3 heterocycles. The largest absolute Gasteiger partial charge is 0.452 e. The third kappa shape index (κ3) is 5.08. The number of hydrogen-bond donors (Lipinski definition) is 0. The topological polar surface area (TPSA) is 90.6 Å². The molecule has 1 aliphatic heterocycles. The molecule has 0 saturated carbocycles. The summed E-state index contributed by atoms with van der Waals surface area (Å²) in [4.78, 5) is 22.9. The van der Waals surface area contributed by atoms with Gasteiger partial charge in [-0.25, -0.2) is 4.79 Å². The van der Waals surface area contributed by atoms with Crippen LogP contribution < -0.4 is 0 Å². The van der Waals surface area contributed by atoms with Crippen LogP contribution in [0.2, 0.25) is 0 Å². The van der Waals surface area contributed by atoms with Crippen molar-refractivity contribution < 1.29 is 18.8 Å². The number of rotatable bonds is 6. The van der Waals surface area contributed by atoms with Crippen LogP contribution in [0.15, 0.2) is 53.3 Å².